The van der Waals surface area contributed by atoms with Gasteiger partial charge in [0.1, 0.15) is 11.9 Å². The molecular formula is C29H36N4O5S. The minimum Gasteiger partial charge on any atom is -0.446 e. The summed E-state index contributed by atoms with van der Waals surface area (Å²) >= 11 is 0. The second-order valence-corrected chi connectivity index (χ2v) is 12.7. The van der Waals surface area contributed by atoms with Gasteiger partial charge in [-0.05, 0) is 56.0 Å². The molecule has 10 heteroatoms. The fourth-order valence-corrected chi connectivity index (χ4v) is 6.13. The molecule has 2 fully saturated rings. The number of sulfone groups is 1. The third-order valence-electron chi connectivity index (χ3n) is 7.61. The van der Waals surface area contributed by atoms with E-state index >= 15 is 0 Å². The van der Waals surface area contributed by atoms with E-state index in [0.717, 1.165) is 35.4 Å². The van der Waals surface area contributed by atoms with E-state index in [2.05, 4.69) is 22.4 Å². The molecule has 0 radical (unpaired) electrons. The Kier molecular flexibility index (Phi) is 7.33. The van der Waals surface area contributed by atoms with Crippen LogP contribution in [0.5, 0.6) is 0 Å². The minimum atomic E-state index is -3.43. The number of anilines is 1. The number of carbonyl (C=O) groups excluding carboxylic acids is 2. The number of carbonyl (C=O) groups is 2. The molecule has 2 atom stereocenters. The molecule has 1 saturated heterocycles. The lowest BCUT2D eigenvalue weighted by Gasteiger charge is -2.42. The summed E-state index contributed by atoms with van der Waals surface area (Å²) in [6.07, 6.45) is 10.9. The Morgan fingerprint density at radius 2 is 1.79 bits per heavy atom. The molecule has 2 aliphatic carbocycles. The Hall–Kier alpha value is -3.53. The molecule has 39 heavy (non-hydrogen) atoms. The molecule has 9 nitrogen and oxygen atoms in total. The van der Waals surface area contributed by atoms with Gasteiger partial charge in [0.2, 0.25) is 5.91 Å². The molecule has 2 heterocycles. The number of para-hydroxylation sites is 1. The van der Waals surface area contributed by atoms with Crippen LogP contribution in [0.25, 0.3) is 0 Å². The summed E-state index contributed by atoms with van der Waals surface area (Å²) in [5.41, 5.74) is 3.34. The molecule has 0 spiro atoms. The Bertz CT molecular complexity index is 1400. The maximum Gasteiger partial charge on any atom is 0.410 e. The van der Waals surface area contributed by atoms with Gasteiger partial charge in [0, 0.05) is 45.5 Å². The van der Waals surface area contributed by atoms with E-state index in [0.29, 0.717) is 31.9 Å². The third kappa shape index (κ3) is 5.75. The molecule has 4 aliphatic rings. The summed E-state index contributed by atoms with van der Waals surface area (Å²) < 4.78 is 30.2. The van der Waals surface area contributed by atoms with E-state index in [1.807, 2.05) is 26.0 Å². The quantitative estimate of drug-likeness (QED) is 0.576. The Labute approximate surface area is 230 Å². The first kappa shape index (κ1) is 27.1. The van der Waals surface area contributed by atoms with Crippen LogP contribution in [0.4, 0.5) is 10.5 Å². The lowest BCUT2D eigenvalue weighted by molar-refractivity contribution is -0.131. The van der Waals surface area contributed by atoms with E-state index in [1.54, 1.807) is 41.1 Å². The molecule has 208 valence electrons. The second kappa shape index (κ2) is 10.6. The number of benzene rings is 1. The van der Waals surface area contributed by atoms with Crippen molar-refractivity contribution in [3.05, 3.63) is 71.1 Å². The van der Waals surface area contributed by atoms with Gasteiger partial charge in [-0.3, -0.25) is 4.79 Å². The largest absolute Gasteiger partial charge is 0.446 e. The summed E-state index contributed by atoms with van der Waals surface area (Å²) in [5.74, 6) is 0.314. The normalized spacial score (nSPS) is 22.6. The smallest absolute Gasteiger partial charge is 0.410 e. The van der Waals surface area contributed by atoms with Crippen LogP contribution < -0.4 is 5.32 Å². The Balaban J connectivity index is 1.45. The van der Waals surface area contributed by atoms with Crippen LogP contribution >= 0.6 is 0 Å². The van der Waals surface area contributed by atoms with Gasteiger partial charge in [0.15, 0.2) is 9.84 Å². The zero-order chi connectivity index (χ0) is 27.9. The predicted molar refractivity (Wildman–Crippen MR) is 150 cm³/mol. The number of fused-ring (bicyclic) bond motifs is 1. The number of nitrogens with zero attached hydrogens (tertiary/aromatic N) is 3. The summed E-state index contributed by atoms with van der Waals surface area (Å²) in [6, 6.07) is 6.59. The standard InChI is InChI=1S/C29H36N4O5S/c1-19-9-12-22-24(23(17-19)20(2)30-25-7-5-6-8-26(25)39(4,36)37)18-27(31(3)28(22)34)32-13-15-33(16-14-32)29(35)38-21-10-11-21/h5-9,12,17-18,20-22,30H,10-11,13-16H2,1-4H3/t20-,22?/m1/s1. The number of amides is 2. The zero-order valence-electron chi connectivity index (χ0n) is 22.9. The summed E-state index contributed by atoms with van der Waals surface area (Å²) in [7, 11) is -1.63. The minimum absolute atomic E-state index is 0.0290. The van der Waals surface area contributed by atoms with Crippen LogP contribution in [0, 0.1) is 5.92 Å². The molecule has 1 saturated carbocycles. The Morgan fingerprint density at radius 1 is 1.10 bits per heavy atom. The number of hydrogen-bond donors (Lipinski definition) is 1. The third-order valence-corrected chi connectivity index (χ3v) is 8.76. The van der Waals surface area contributed by atoms with Crippen molar-refractivity contribution in [2.75, 3.05) is 44.8 Å². The van der Waals surface area contributed by atoms with Gasteiger partial charge in [-0.25, -0.2) is 13.2 Å². The summed E-state index contributed by atoms with van der Waals surface area (Å²) in [6.45, 7) is 6.21. The highest BCUT2D eigenvalue weighted by atomic mass is 32.2. The maximum absolute atomic E-state index is 13.7. The van der Waals surface area contributed by atoms with Crippen molar-refractivity contribution in [3.63, 3.8) is 0 Å². The van der Waals surface area contributed by atoms with Crippen LogP contribution in [0.2, 0.25) is 0 Å². The van der Waals surface area contributed by atoms with E-state index < -0.39 is 15.8 Å². The fraction of sp³-hybridized carbons (Fsp3) is 0.448. The first-order chi connectivity index (χ1) is 18.5. The van der Waals surface area contributed by atoms with Gasteiger partial charge in [-0.15, -0.1) is 0 Å². The molecule has 1 unspecified atom stereocenters. The van der Waals surface area contributed by atoms with Gasteiger partial charge < -0.3 is 24.8 Å². The van der Waals surface area contributed by atoms with Crippen molar-refractivity contribution in [2.24, 2.45) is 5.92 Å². The molecule has 0 aromatic heterocycles. The van der Waals surface area contributed by atoms with E-state index in [9.17, 15) is 18.0 Å². The first-order valence-electron chi connectivity index (χ1n) is 13.4. The summed E-state index contributed by atoms with van der Waals surface area (Å²) in [5, 5.41) is 3.39. The first-order valence-corrected chi connectivity index (χ1v) is 15.3. The summed E-state index contributed by atoms with van der Waals surface area (Å²) in [4.78, 5) is 31.9. The van der Waals surface area contributed by atoms with Gasteiger partial charge in [0.25, 0.3) is 0 Å². The van der Waals surface area contributed by atoms with Gasteiger partial charge in [-0.1, -0.05) is 35.9 Å². The number of hydrogen-bond acceptors (Lipinski definition) is 7. The van der Waals surface area contributed by atoms with Crippen LogP contribution in [0.3, 0.4) is 0 Å². The average molecular weight is 553 g/mol. The highest BCUT2D eigenvalue weighted by molar-refractivity contribution is 7.90. The molecule has 0 bridgehead atoms. The highest BCUT2D eigenvalue weighted by Gasteiger charge is 2.37. The number of ether oxygens (including phenoxy) is 1. The van der Waals surface area contributed by atoms with Crippen LogP contribution in [-0.2, 0) is 19.4 Å². The van der Waals surface area contributed by atoms with Crippen LogP contribution in [-0.4, -0.2) is 86.7 Å². The van der Waals surface area contributed by atoms with Crippen LogP contribution in [0.15, 0.2) is 76.0 Å². The second-order valence-electron chi connectivity index (χ2n) is 10.7. The highest BCUT2D eigenvalue weighted by Crippen LogP contribution is 2.36. The van der Waals surface area contributed by atoms with Crippen molar-refractivity contribution >= 4 is 27.5 Å². The monoisotopic (exact) mass is 552 g/mol. The predicted octanol–water partition coefficient (Wildman–Crippen LogP) is 3.55. The number of nitrogens with one attached hydrogen (secondary N) is 1. The Morgan fingerprint density at radius 3 is 2.46 bits per heavy atom. The average Bonchev–Trinajstić information content (AvgIpc) is 3.73. The zero-order valence-corrected chi connectivity index (χ0v) is 23.7. The van der Waals surface area contributed by atoms with E-state index in [-0.39, 0.29) is 29.0 Å². The van der Waals surface area contributed by atoms with E-state index in [1.165, 1.54) is 6.26 Å². The molecule has 1 aromatic rings. The molecule has 1 aromatic carbocycles. The van der Waals surface area contributed by atoms with Gasteiger partial charge >= 0.3 is 6.09 Å². The SMILES string of the molecule is CC1=CC([C@@H](C)Nc2ccccc2S(C)(=O)=O)=C2C=C(N3CCN(C(=O)OC4CC4)CC3)N(C)C(=O)C2C=C1. The van der Waals surface area contributed by atoms with Crippen molar-refractivity contribution in [2.45, 2.75) is 43.7 Å². The van der Waals surface area contributed by atoms with Gasteiger partial charge in [0.05, 0.1) is 16.5 Å². The molecule has 2 aliphatic heterocycles. The van der Waals surface area contributed by atoms with E-state index in [4.69, 9.17) is 4.74 Å². The lowest BCUT2D eigenvalue weighted by Crippen LogP contribution is -2.52. The van der Waals surface area contributed by atoms with Crippen molar-refractivity contribution < 1.29 is 22.7 Å². The maximum atomic E-state index is 13.7. The molecular weight excluding hydrogens is 516 g/mol. The number of allylic oxidation sites excluding steroid dienone is 3. The van der Waals surface area contributed by atoms with Crippen molar-refractivity contribution in [3.8, 4) is 0 Å². The lowest BCUT2D eigenvalue weighted by atomic mass is 9.87. The topological polar surface area (TPSA) is 99.3 Å². The number of piperazine rings is 1. The van der Waals surface area contributed by atoms with Crippen molar-refractivity contribution in [1.29, 1.82) is 0 Å². The fourth-order valence-electron chi connectivity index (χ4n) is 5.27. The molecule has 1 N–H and O–H groups in total. The van der Waals surface area contributed by atoms with Crippen LogP contribution in [0.1, 0.15) is 26.7 Å². The number of rotatable bonds is 6. The van der Waals surface area contributed by atoms with Gasteiger partial charge in [-0.2, -0.15) is 0 Å². The molecule has 2 amide bonds. The van der Waals surface area contributed by atoms with Crippen molar-refractivity contribution in [1.82, 2.24) is 14.7 Å². The molecule has 5 rings (SSSR count).